The number of aryl methyl sites for hydroxylation is 1. The smallest absolute Gasteiger partial charge is 0.240 e. The quantitative estimate of drug-likeness (QED) is 0.645. The summed E-state index contributed by atoms with van der Waals surface area (Å²) in [6, 6.07) is 14.2. The highest BCUT2D eigenvalue weighted by Crippen LogP contribution is 2.26. The molecule has 0 unspecified atom stereocenters. The van der Waals surface area contributed by atoms with Gasteiger partial charge in [0.05, 0.1) is 24.1 Å². The third-order valence-corrected chi connectivity index (χ3v) is 5.39. The van der Waals surface area contributed by atoms with E-state index in [0.29, 0.717) is 13.0 Å². The van der Waals surface area contributed by atoms with Crippen molar-refractivity contribution in [2.45, 2.75) is 12.8 Å². The van der Waals surface area contributed by atoms with Crippen LogP contribution in [0.25, 0.3) is 0 Å². The van der Waals surface area contributed by atoms with E-state index in [2.05, 4.69) is 5.32 Å². The fourth-order valence-corrected chi connectivity index (χ4v) is 3.79. The molecule has 0 atom stereocenters. The summed E-state index contributed by atoms with van der Waals surface area (Å²) >= 11 is 6.08. The summed E-state index contributed by atoms with van der Waals surface area (Å²) in [6.07, 6.45) is 2.49. The van der Waals surface area contributed by atoms with E-state index in [1.807, 2.05) is 24.3 Å². The molecule has 2 aromatic rings. The zero-order chi connectivity index (χ0) is 19.9. The largest absolute Gasteiger partial charge is 0.496 e. The predicted octanol–water partition coefficient (Wildman–Crippen LogP) is 2.86. The molecule has 0 aromatic heterocycles. The minimum atomic E-state index is -3.65. The van der Waals surface area contributed by atoms with Crippen molar-refractivity contribution in [1.82, 2.24) is 5.32 Å². The number of para-hydroxylation sites is 2. The van der Waals surface area contributed by atoms with E-state index in [-0.39, 0.29) is 23.2 Å². The molecule has 0 saturated carbocycles. The molecular formula is C19H23ClN2O4S. The Kier molecular flexibility index (Phi) is 7.50. The van der Waals surface area contributed by atoms with E-state index in [1.165, 1.54) is 0 Å². The van der Waals surface area contributed by atoms with Crippen molar-refractivity contribution in [2.24, 2.45) is 0 Å². The Hall–Kier alpha value is -2.25. The van der Waals surface area contributed by atoms with Crippen LogP contribution in [0.1, 0.15) is 12.0 Å². The fourth-order valence-electron chi connectivity index (χ4n) is 2.64. The Labute approximate surface area is 165 Å². The molecule has 0 heterocycles. The number of nitrogens with one attached hydrogen (secondary N) is 1. The maximum Gasteiger partial charge on any atom is 0.240 e. The number of ether oxygens (including phenoxy) is 1. The molecular weight excluding hydrogens is 388 g/mol. The molecule has 0 fully saturated rings. The normalized spacial score (nSPS) is 11.1. The number of halogens is 1. The van der Waals surface area contributed by atoms with Crippen molar-refractivity contribution < 1.29 is 17.9 Å². The van der Waals surface area contributed by atoms with E-state index in [4.69, 9.17) is 16.3 Å². The first-order valence-corrected chi connectivity index (χ1v) is 10.7. The molecule has 8 heteroatoms. The average Bonchev–Trinajstić information content (AvgIpc) is 2.63. The van der Waals surface area contributed by atoms with Crippen LogP contribution >= 0.6 is 11.6 Å². The summed E-state index contributed by atoms with van der Waals surface area (Å²) in [5.74, 6) is 0.422. The van der Waals surface area contributed by atoms with Crippen molar-refractivity contribution in [3.8, 4) is 5.75 Å². The Balaban J connectivity index is 1.92. The number of benzene rings is 2. The Morgan fingerprint density at radius 3 is 2.48 bits per heavy atom. The first-order chi connectivity index (χ1) is 12.8. The maximum absolute atomic E-state index is 12.2. The van der Waals surface area contributed by atoms with Crippen LogP contribution in [0.3, 0.4) is 0 Å². The van der Waals surface area contributed by atoms with Gasteiger partial charge < -0.3 is 10.1 Å². The molecule has 0 radical (unpaired) electrons. The first kappa shape index (κ1) is 21.1. The van der Waals surface area contributed by atoms with Gasteiger partial charge in [0.15, 0.2) is 0 Å². The van der Waals surface area contributed by atoms with Crippen LogP contribution in [-0.4, -0.2) is 40.8 Å². The van der Waals surface area contributed by atoms with Crippen molar-refractivity contribution in [3.05, 3.63) is 59.1 Å². The molecule has 1 N–H and O–H groups in total. The summed E-state index contributed by atoms with van der Waals surface area (Å²) in [5.41, 5.74) is 1.34. The van der Waals surface area contributed by atoms with Gasteiger partial charge in [0.25, 0.3) is 0 Å². The molecule has 1 amide bonds. The molecule has 2 rings (SSSR count). The highest BCUT2D eigenvalue weighted by molar-refractivity contribution is 7.92. The highest BCUT2D eigenvalue weighted by atomic mass is 35.5. The molecule has 2 aromatic carbocycles. The van der Waals surface area contributed by atoms with Crippen LogP contribution in [0.4, 0.5) is 5.69 Å². The SMILES string of the molecule is COc1ccccc1CCCNC(=O)CN(c1ccccc1Cl)S(C)(=O)=O. The number of hydrogen-bond donors (Lipinski definition) is 1. The third kappa shape index (κ3) is 6.15. The van der Waals surface area contributed by atoms with Gasteiger partial charge >= 0.3 is 0 Å². The lowest BCUT2D eigenvalue weighted by molar-refractivity contribution is -0.119. The standard InChI is InChI=1S/C19H23ClN2O4S/c1-26-18-12-6-3-8-15(18)9-7-13-21-19(23)14-22(27(2,24)25)17-11-5-4-10-16(17)20/h3-6,8,10-12H,7,9,13-14H2,1-2H3,(H,21,23). The van der Waals surface area contributed by atoms with Gasteiger partial charge in [-0.15, -0.1) is 0 Å². The van der Waals surface area contributed by atoms with Crippen LogP contribution < -0.4 is 14.4 Å². The van der Waals surface area contributed by atoms with Gasteiger partial charge in [-0.2, -0.15) is 0 Å². The van der Waals surface area contributed by atoms with E-state index in [0.717, 1.165) is 28.3 Å². The highest BCUT2D eigenvalue weighted by Gasteiger charge is 2.22. The number of anilines is 1. The molecule has 0 aliphatic rings. The number of nitrogens with zero attached hydrogens (tertiary/aromatic N) is 1. The van der Waals surface area contributed by atoms with Gasteiger partial charge in [-0.25, -0.2) is 8.42 Å². The summed E-state index contributed by atoms with van der Waals surface area (Å²) < 4.78 is 30.5. The van der Waals surface area contributed by atoms with Crippen LogP contribution in [0.2, 0.25) is 5.02 Å². The van der Waals surface area contributed by atoms with Gasteiger partial charge in [0.1, 0.15) is 12.3 Å². The van der Waals surface area contributed by atoms with Crippen molar-refractivity contribution in [3.63, 3.8) is 0 Å². The first-order valence-electron chi connectivity index (χ1n) is 8.43. The zero-order valence-electron chi connectivity index (χ0n) is 15.3. The summed E-state index contributed by atoms with van der Waals surface area (Å²) in [5, 5.41) is 3.02. The molecule has 27 heavy (non-hydrogen) atoms. The van der Waals surface area contributed by atoms with Gasteiger partial charge in [-0.1, -0.05) is 41.9 Å². The van der Waals surface area contributed by atoms with Crippen molar-refractivity contribution >= 4 is 33.2 Å². The lowest BCUT2D eigenvalue weighted by Gasteiger charge is -2.22. The topological polar surface area (TPSA) is 75.7 Å². The molecule has 0 saturated heterocycles. The van der Waals surface area contributed by atoms with E-state index in [9.17, 15) is 13.2 Å². The van der Waals surface area contributed by atoms with E-state index < -0.39 is 10.0 Å². The fraction of sp³-hybridized carbons (Fsp3) is 0.316. The summed E-state index contributed by atoms with van der Waals surface area (Å²) in [6.45, 7) is 0.105. The van der Waals surface area contributed by atoms with Crippen LogP contribution in [0.5, 0.6) is 5.75 Å². The minimum absolute atomic E-state index is 0.270. The lowest BCUT2D eigenvalue weighted by Crippen LogP contribution is -2.40. The van der Waals surface area contributed by atoms with Gasteiger partial charge in [0, 0.05) is 6.54 Å². The summed E-state index contributed by atoms with van der Waals surface area (Å²) in [7, 11) is -2.03. The molecule has 0 aliphatic heterocycles. The average molecular weight is 411 g/mol. The van der Waals surface area contributed by atoms with Gasteiger partial charge in [-0.3, -0.25) is 9.10 Å². The van der Waals surface area contributed by atoms with Gasteiger partial charge in [-0.05, 0) is 36.6 Å². The van der Waals surface area contributed by atoms with E-state index >= 15 is 0 Å². The Morgan fingerprint density at radius 1 is 1.15 bits per heavy atom. The molecule has 0 aliphatic carbocycles. The summed E-state index contributed by atoms with van der Waals surface area (Å²) in [4.78, 5) is 12.2. The third-order valence-electron chi connectivity index (χ3n) is 3.95. The number of carbonyl (C=O) groups is 1. The van der Waals surface area contributed by atoms with Crippen LogP contribution in [0, 0.1) is 0 Å². The second kappa shape index (κ2) is 9.62. The number of sulfonamides is 1. The number of carbonyl (C=O) groups excluding carboxylic acids is 1. The molecule has 0 bridgehead atoms. The van der Waals surface area contributed by atoms with Gasteiger partial charge in [0.2, 0.25) is 15.9 Å². The number of amides is 1. The monoisotopic (exact) mass is 410 g/mol. The predicted molar refractivity (Wildman–Crippen MR) is 108 cm³/mol. The number of methoxy groups -OCH3 is 1. The maximum atomic E-state index is 12.2. The lowest BCUT2D eigenvalue weighted by atomic mass is 10.1. The number of rotatable bonds is 9. The zero-order valence-corrected chi connectivity index (χ0v) is 16.9. The van der Waals surface area contributed by atoms with Crippen molar-refractivity contribution in [2.75, 3.05) is 30.8 Å². The number of hydrogen-bond acceptors (Lipinski definition) is 4. The molecule has 0 spiro atoms. The Bertz CT molecular complexity index is 887. The molecule has 6 nitrogen and oxygen atoms in total. The minimum Gasteiger partial charge on any atom is -0.496 e. The second-order valence-corrected chi connectivity index (χ2v) is 8.30. The second-order valence-electron chi connectivity index (χ2n) is 5.99. The van der Waals surface area contributed by atoms with Crippen LogP contribution in [0.15, 0.2) is 48.5 Å². The van der Waals surface area contributed by atoms with Crippen molar-refractivity contribution in [1.29, 1.82) is 0 Å². The Morgan fingerprint density at radius 2 is 1.81 bits per heavy atom. The van der Waals surface area contributed by atoms with E-state index in [1.54, 1.807) is 31.4 Å². The molecule has 146 valence electrons. The van der Waals surface area contributed by atoms with Crippen LogP contribution in [-0.2, 0) is 21.2 Å².